The highest BCUT2D eigenvalue weighted by molar-refractivity contribution is 7.13. The highest BCUT2D eigenvalue weighted by Gasteiger charge is 2.04. The number of nitrogens with two attached hydrogens (primary N) is 1. The van der Waals surface area contributed by atoms with Gasteiger partial charge in [-0.25, -0.2) is 15.0 Å². The molecule has 13 heavy (non-hydrogen) atoms. The lowest BCUT2D eigenvalue weighted by Crippen LogP contribution is -1.96. The van der Waals surface area contributed by atoms with Gasteiger partial charge in [0.2, 0.25) is 0 Å². The second-order valence-electron chi connectivity index (χ2n) is 2.42. The molecule has 0 spiro atoms. The van der Waals surface area contributed by atoms with E-state index in [4.69, 9.17) is 5.73 Å². The zero-order valence-electron chi connectivity index (χ0n) is 6.84. The van der Waals surface area contributed by atoms with E-state index in [9.17, 15) is 0 Å². The molecule has 0 fully saturated rings. The summed E-state index contributed by atoms with van der Waals surface area (Å²) in [6.07, 6.45) is 3.40. The molecule has 2 rings (SSSR count). The van der Waals surface area contributed by atoms with Crippen molar-refractivity contribution in [3.05, 3.63) is 29.5 Å². The van der Waals surface area contributed by atoms with Crippen LogP contribution in [-0.2, 0) is 6.54 Å². The summed E-state index contributed by atoms with van der Waals surface area (Å²) in [5.41, 5.74) is 6.33. The number of thiazole rings is 1. The molecule has 2 aromatic rings. The number of nitrogens with zero attached hydrogens (tertiary/aromatic N) is 3. The number of rotatable bonds is 2. The molecule has 0 aliphatic heterocycles. The Morgan fingerprint density at radius 3 is 2.69 bits per heavy atom. The molecule has 0 amide bonds. The fraction of sp³-hybridized carbons (Fsp3) is 0.125. The molecule has 0 aliphatic rings. The van der Waals surface area contributed by atoms with E-state index in [2.05, 4.69) is 15.0 Å². The predicted molar refractivity (Wildman–Crippen MR) is 51.0 cm³/mol. The summed E-state index contributed by atoms with van der Waals surface area (Å²) in [4.78, 5) is 12.5. The third-order valence-electron chi connectivity index (χ3n) is 1.52. The van der Waals surface area contributed by atoms with Crippen LogP contribution in [0.4, 0.5) is 0 Å². The molecule has 0 bridgehead atoms. The van der Waals surface area contributed by atoms with E-state index in [1.54, 1.807) is 18.5 Å². The molecule has 66 valence electrons. The maximum Gasteiger partial charge on any atom is 0.188 e. The van der Waals surface area contributed by atoms with Crippen LogP contribution in [0.2, 0.25) is 0 Å². The van der Waals surface area contributed by atoms with Crippen LogP contribution in [0.15, 0.2) is 23.8 Å². The lowest BCUT2D eigenvalue weighted by molar-refractivity contribution is 1.01. The normalized spacial score (nSPS) is 10.2. The second-order valence-corrected chi connectivity index (χ2v) is 3.28. The molecule has 0 saturated carbocycles. The van der Waals surface area contributed by atoms with Crippen LogP contribution in [-0.4, -0.2) is 15.0 Å². The summed E-state index contributed by atoms with van der Waals surface area (Å²) in [5.74, 6) is 0.659. The molecule has 2 N–H and O–H groups in total. The van der Waals surface area contributed by atoms with Crippen molar-refractivity contribution in [2.75, 3.05) is 0 Å². The first-order valence-corrected chi connectivity index (χ1v) is 4.70. The Balaban J connectivity index is 2.36. The Bertz CT molecular complexity index is 384. The maximum absolute atomic E-state index is 5.44. The van der Waals surface area contributed by atoms with Gasteiger partial charge < -0.3 is 5.73 Å². The van der Waals surface area contributed by atoms with Crippen molar-refractivity contribution >= 4 is 11.3 Å². The topological polar surface area (TPSA) is 64.7 Å². The van der Waals surface area contributed by atoms with Crippen molar-refractivity contribution in [3.63, 3.8) is 0 Å². The minimum atomic E-state index is 0.462. The van der Waals surface area contributed by atoms with Crippen LogP contribution in [0.5, 0.6) is 0 Å². The van der Waals surface area contributed by atoms with Gasteiger partial charge in [-0.3, -0.25) is 0 Å². The van der Waals surface area contributed by atoms with E-state index >= 15 is 0 Å². The van der Waals surface area contributed by atoms with Gasteiger partial charge in [-0.15, -0.1) is 11.3 Å². The molecular weight excluding hydrogens is 184 g/mol. The van der Waals surface area contributed by atoms with Gasteiger partial charge in [-0.2, -0.15) is 0 Å². The van der Waals surface area contributed by atoms with Gasteiger partial charge in [-0.1, -0.05) is 0 Å². The minimum Gasteiger partial charge on any atom is -0.325 e. The first-order valence-electron chi connectivity index (χ1n) is 3.82. The Hall–Kier alpha value is -1.33. The van der Waals surface area contributed by atoms with Crippen LogP contribution in [0.3, 0.4) is 0 Å². The fourth-order valence-corrected chi connectivity index (χ4v) is 1.69. The first-order chi connectivity index (χ1) is 6.40. The molecule has 0 aliphatic carbocycles. The van der Waals surface area contributed by atoms with Crippen LogP contribution in [0.25, 0.3) is 10.8 Å². The standard InChI is InChI=1S/C8H8N4S/c9-4-6-5-13-8(12-6)7-10-2-1-3-11-7/h1-3,5H,4,9H2. The van der Waals surface area contributed by atoms with E-state index in [0.29, 0.717) is 12.4 Å². The van der Waals surface area contributed by atoms with Crippen molar-refractivity contribution in [2.24, 2.45) is 5.73 Å². The summed E-state index contributed by atoms with van der Waals surface area (Å²) in [6, 6.07) is 1.78. The average Bonchev–Trinajstić information content (AvgIpc) is 2.67. The number of aromatic nitrogens is 3. The Kier molecular flexibility index (Phi) is 2.29. The van der Waals surface area contributed by atoms with Crippen LogP contribution in [0, 0.1) is 0 Å². The summed E-state index contributed by atoms with van der Waals surface area (Å²) in [6.45, 7) is 0.462. The maximum atomic E-state index is 5.44. The Labute approximate surface area is 79.5 Å². The predicted octanol–water partition coefficient (Wildman–Crippen LogP) is 1.06. The molecule has 0 atom stereocenters. The van der Waals surface area contributed by atoms with E-state index in [1.165, 1.54) is 11.3 Å². The van der Waals surface area contributed by atoms with Gasteiger partial charge >= 0.3 is 0 Å². The summed E-state index contributed by atoms with van der Waals surface area (Å²) in [5, 5.41) is 2.74. The minimum absolute atomic E-state index is 0.462. The van der Waals surface area contributed by atoms with Gasteiger partial charge in [0.25, 0.3) is 0 Å². The Morgan fingerprint density at radius 1 is 1.31 bits per heavy atom. The lowest BCUT2D eigenvalue weighted by Gasteiger charge is -1.90. The quantitative estimate of drug-likeness (QED) is 0.772. The van der Waals surface area contributed by atoms with Gasteiger partial charge in [0.1, 0.15) is 0 Å². The summed E-state index contributed by atoms with van der Waals surface area (Å²) < 4.78 is 0. The molecule has 2 heterocycles. The average molecular weight is 192 g/mol. The van der Waals surface area contributed by atoms with E-state index in [0.717, 1.165) is 10.7 Å². The highest BCUT2D eigenvalue weighted by atomic mass is 32.1. The van der Waals surface area contributed by atoms with Crippen molar-refractivity contribution in [1.29, 1.82) is 0 Å². The third kappa shape index (κ3) is 1.71. The summed E-state index contributed by atoms with van der Waals surface area (Å²) in [7, 11) is 0. The second kappa shape index (κ2) is 3.59. The molecule has 0 saturated heterocycles. The van der Waals surface area contributed by atoms with Crippen molar-refractivity contribution in [3.8, 4) is 10.8 Å². The monoisotopic (exact) mass is 192 g/mol. The third-order valence-corrected chi connectivity index (χ3v) is 2.40. The van der Waals surface area contributed by atoms with Crippen LogP contribution in [0.1, 0.15) is 5.69 Å². The molecule has 2 aromatic heterocycles. The lowest BCUT2D eigenvalue weighted by atomic mass is 10.5. The van der Waals surface area contributed by atoms with Gasteiger partial charge in [0, 0.05) is 24.3 Å². The Morgan fingerprint density at radius 2 is 2.08 bits per heavy atom. The van der Waals surface area contributed by atoms with Gasteiger partial charge in [0.15, 0.2) is 10.8 Å². The first kappa shape index (κ1) is 8.28. The van der Waals surface area contributed by atoms with Crippen LogP contribution >= 0.6 is 11.3 Å². The summed E-state index contributed by atoms with van der Waals surface area (Å²) >= 11 is 1.51. The molecular formula is C8H8N4S. The van der Waals surface area contributed by atoms with E-state index in [-0.39, 0.29) is 0 Å². The zero-order chi connectivity index (χ0) is 9.10. The molecule has 4 nitrogen and oxygen atoms in total. The molecule has 0 unspecified atom stereocenters. The SMILES string of the molecule is NCc1csc(-c2ncccn2)n1. The van der Waals surface area contributed by atoms with E-state index < -0.39 is 0 Å². The van der Waals surface area contributed by atoms with Crippen molar-refractivity contribution in [1.82, 2.24) is 15.0 Å². The zero-order valence-corrected chi connectivity index (χ0v) is 7.66. The van der Waals surface area contributed by atoms with Gasteiger partial charge in [-0.05, 0) is 6.07 Å². The van der Waals surface area contributed by atoms with Crippen molar-refractivity contribution < 1.29 is 0 Å². The number of hydrogen-bond donors (Lipinski definition) is 1. The van der Waals surface area contributed by atoms with Gasteiger partial charge in [0.05, 0.1) is 5.69 Å². The van der Waals surface area contributed by atoms with E-state index in [1.807, 2.05) is 5.38 Å². The molecule has 0 radical (unpaired) electrons. The van der Waals surface area contributed by atoms with Crippen molar-refractivity contribution in [2.45, 2.75) is 6.54 Å². The smallest absolute Gasteiger partial charge is 0.188 e. The number of hydrogen-bond acceptors (Lipinski definition) is 5. The molecule has 5 heteroatoms. The highest BCUT2D eigenvalue weighted by Crippen LogP contribution is 2.18. The largest absolute Gasteiger partial charge is 0.325 e. The van der Waals surface area contributed by atoms with Crippen LogP contribution < -0.4 is 5.73 Å². The fourth-order valence-electron chi connectivity index (χ4n) is 0.913. The molecule has 0 aromatic carbocycles.